The van der Waals surface area contributed by atoms with Crippen LogP contribution >= 0.6 is 0 Å². The van der Waals surface area contributed by atoms with Crippen LogP contribution in [0.3, 0.4) is 0 Å². The van der Waals surface area contributed by atoms with Gasteiger partial charge in [0, 0.05) is 43.9 Å². The van der Waals surface area contributed by atoms with Gasteiger partial charge in [0.05, 0.1) is 0 Å². The third-order valence-corrected chi connectivity index (χ3v) is 5.23. The van der Waals surface area contributed by atoms with Gasteiger partial charge in [0.2, 0.25) is 17.7 Å². The van der Waals surface area contributed by atoms with Crippen LogP contribution in [0.2, 0.25) is 0 Å². The molecule has 2 bridgehead atoms. The van der Waals surface area contributed by atoms with E-state index in [9.17, 15) is 14.4 Å². The molecule has 0 spiro atoms. The lowest BCUT2D eigenvalue weighted by Crippen LogP contribution is -2.52. The predicted octanol–water partition coefficient (Wildman–Crippen LogP) is 2.12. The summed E-state index contributed by atoms with van der Waals surface area (Å²) in [7, 11) is 0. The van der Waals surface area contributed by atoms with E-state index < -0.39 is 0 Å². The normalized spacial score (nSPS) is 24.9. The van der Waals surface area contributed by atoms with Crippen LogP contribution in [-0.2, 0) is 14.4 Å². The quantitative estimate of drug-likeness (QED) is 0.668. The van der Waals surface area contributed by atoms with Gasteiger partial charge >= 0.3 is 0 Å². The lowest BCUT2D eigenvalue weighted by Gasteiger charge is -2.39. The molecule has 0 saturated carbocycles. The highest BCUT2D eigenvalue weighted by molar-refractivity contribution is 5.79. The van der Waals surface area contributed by atoms with E-state index in [4.69, 9.17) is 0 Å². The average Bonchev–Trinajstić information content (AvgIpc) is 2.84. The smallest absolute Gasteiger partial charge is 0.223 e. The first kappa shape index (κ1) is 19.7. The largest absolute Gasteiger partial charge is 0.356 e. The van der Waals surface area contributed by atoms with Crippen LogP contribution in [0.15, 0.2) is 0 Å². The number of piperidine rings is 1. The van der Waals surface area contributed by atoms with Crippen LogP contribution in [-0.4, -0.2) is 47.3 Å². The first-order chi connectivity index (χ1) is 12.0. The predicted molar refractivity (Wildman–Crippen MR) is 96.9 cm³/mol. The summed E-state index contributed by atoms with van der Waals surface area (Å²) >= 11 is 0. The Morgan fingerprint density at radius 1 is 0.920 bits per heavy atom. The van der Waals surface area contributed by atoms with E-state index in [0.29, 0.717) is 44.3 Å². The second kappa shape index (κ2) is 9.78. The zero-order chi connectivity index (χ0) is 18.2. The summed E-state index contributed by atoms with van der Waals surface area (Å²) in [6.07, 6.45) is 7.69. The van der Waals surface area contributed by atoms with E-state index >= 15 is 0 Å². The van der Waals surface area contributed by atoms with E-state index in [1.54, 1.807) is 0 Å². The van der Waals surface area contributed by atoms with Gasteiger partial charge < -0.3 is 15.5 Å². The number of nitrogens with zero attached hydrogens (tertiary/aromatic N) is 1. The number of carbonyl (C=O) groups is 3. The summed E-state index contributed by atoms with van der Waals surface area (Å²) in [6.45, 7) is 4.75. The van der Waals surface area contributed by atoms with Crippen LogP contribution < -0.4 is 10.6 Å². The fourth-order valence-corrected chi connectivity index (χ4v) is 4.11. The average molecular weight is 351 g/mol. The molecule has 3 amide bonds. The zero-order valence-corrected chi connectivity index (χ0v) is 15.7. The van der Waals surface area contributed by atoms with Crippen molar-refractivity contribution in [3.8, 4) is 0 Å². The van der Waals surface area contributed by atoms with Gasteiger partial charge in [-0.25, -0.2) is 0 Å². The van der Waals surface area contributed by atoms with Gasteiger partial charge in [0.15, 0.2) is 0 Å². The van der Waals surface area contributed by atoms with E-state index in [-0.39, 0.29) is 23.8 Å². The fourth-order valence-electron chi connectivity index (χ4n) is 4.11. The molecule has 2 fully saturated rings. The van der Waals surface area contributed by atoms with E-state index in [0.717, 1.165) is 38.5 Å². The van der Waals surface area contributed by atoms with Crippen molar-refractivity contribution in [3.05, 3.63) is 0 Å². The number of hydrogen-bond acceptors (Lipinski definition) is 3. The molecule has 3 atom stereocenters. The number of rotatable bonds is 9. The Hall–Kier alpha value is -1.59. The summed E-state index contributed by atoms with van der Waals surface area (Å²) in [5.41, 5.74) is 0. The Morgan fingerprint density at radius 3 is 2.16 bits per heavy atom. The SMILES string of the molecule is CCCNC(=O)CCCC(=O)NC1C[C@H]2CC[C@@H](C1)N2C(=O)CCC. The number of hydrogen-bond donors (Lipinski definition) is 2. The maximum atomic E-state index is 12.3. The molecule has 0 aromatic heterocycles. The molecule has 2 aliphatic rings. The van der Waals surface area contributed by atoms with Crippen molar-refractivity contribution in [2.75, 3.05) is 6.54 Å². The van der Waals surface area contributed by atoms with Gasteiger partial charge in [-0.1, -0.05) is 13.8 Å². The van der Waals surface area contributed by atoms with Gasteiger partial charge in [-0.2, -0.15) is 0 Å². The minimum absolute atomic E-state index is 0.0236. The summed E-state index contributed by atoms with van der Waals surface area (Å²) in [6, 6.07) is 0.760. The minimum atomic E-state index is 0.0236. The lowest BCUT2D eigenvalue weighted by molar-refractivity contribution is -0.136. The molecule has 2 N–H and O–H groups in total. The van der Waals surface area contributed by atoms with E-state index in [1.807, 2.05) is 13.8 Å². The molecular formula is C19H33N3O3. The Kier molecular flexibility index (Phi) is 7.72. The third kappa shape index (κ3) is 5.72. The van der Waals surface area contributed by atoms with Crippen LogP contribution in [0.1, 0.15) is 78.1 Å². The van der Waals surface area contributed by atoms with Crippen LogP contribution in [0, 0.1) is 0 Å². The van der Waals surface area contributed by atoms with Crippen molar-refractivity contribution in [1.29, 1.82) is 0 Å². The monoisotopic (exact) mass is 351 g/mol. The number of fused-ring (bicyclic) bond motifs is 2. The molecule has 2 rings (SSSR count). The molecule has 0 aromatic carbocycles. The fraction of sp³-hybridized carbons (Fsp3) is 0.842. The Morgan fingerprint density at radius 2 is 1.56 bits per heavy atom. The van der Waals surface area contributed by atoms with Crippen LogP contribution in [0.4, 0.5) is 0 Å². The number of carbonyl (C=O) groups excluding carboxylic acids is 3. The molecule has 142 valence electrons. The molecular weight excluding hydrogens is 318 g/mol. The Bertz CT molecular complexity index is 467. The molecule has 0 radical (unpaired) electrons. The highest BCUT2D eigenvalue weighted by atomic mass is 16.2. The topological polar surface area (TPSA) is 78.5 Å². The Balaban J connectivity index is 1.70. The van der Waals surface area contributed by atoms with E-state index in [1.165, 1.54) is 0 Å². The maximum absolute atomic E-state index is 12.3. The second-order valence-corrected chi connectivity index (χ2v) is 7.38. The van der Waals surface area contributed by atoms with Gasteiger partial charge in [-0.05, 0) is 44.9 Å². The first-order valence-electron chi connectivity index (χ1n) is 9.92. The molecule has 0 aromatic rings. The Labute approximate surface area is 151 Å². The van der Waals surface area contributed by atoms with Crippen molar-refractivity contribution in [2.24, 2.45) is 0 Å². The van der Waals surface area contributed by atoms with Gasteiger partial charge in [-0.3, -0.25) is 14.4 Å². The van der Waals surface area contributed by atoms with Crippen LogP contribution in [0.25, 0.3) is 0 Å². The zero-order valence-electron chi connectivity index (χ0n) is 15.7. The molecule has 0 aliphatic carbocycles. The molecule has 6 nitrogen and oxygen atoms in total. The molecule has 2 heterocycles. The molecule has 2 aliphatic heterocycles. The molecule has 2 saturated heterocycles. The number of nitrogens with one attached hydrogen (secondary N) is 2. The standard InChI is InChI=1S/C19H33N3O3/c1-3-6-19(25)22-15-9-10-16(22)13-14(12-15)21-18(24)8-5-7-17(23)20-11-4-2/h14-16H,3-13H2,1-2H3,(H,20,23)(H,21,24)/t14?,15-,16+. The summed E-state index contributed by atoms with van der Waals surface area (Å²) < 4.78 is 0. The third-order valence-electron chi connectivity index (χ3n) is 5.23. The summed E-state index contributed by atoms with van der Waals surface area (Å²) in [5.74, 6) is 0.328. The highest BCUT2D eigenvalue weighted by Gasteiger charge is 2.42. The summed E-state index contributed by atoms with van der Waals surface area (Å²) in [5, 5.41) is 5.94. The second-order valence-electron chi connectivity index (χ2n) is 7.38. The van der Waals surface area contributed by atoms with E-state index in [2.05, 4.69) is 15.5 Å². The van der Waals surface area contributed by atoms with Crippen molar-refractivity contribution in [3.63, 3.8) is 0 Å². The maximum Gasteiger partial charge on any atom is 0.223 e. The van der Waals surface area contributed by atoms with Crippen molar-refractivity contribution in [2.45, 2.75) is 96.2 Å². The molecule has 1 unspecified atom stereocenters. The van der Waals surface area contributed by atoms with Crippen molar-refractivity contribution < 1.29 is 14.4 Å². The highest BCUT2D eigenvalue weighted by Crippen LogP contribution is 2.36. The minimum Gasteiger partial charge on any atom is -0.356 e. The van der Waals surface area contributed by atoms with Gasteiger partial charge in [0.1, 0.15) is 0 Å². The number of amides is 3. The summed E-state index contributed by atoms with van der Waals surface area (Å²) in [4.78, 5) is 38.0. The lowest BCUT2D eigenvalue weighted by atomic mass is 9.96. The molecule has 6 heteroatoms. The van der Waals surface area contributed by atoms with Gasteiger partial charge in [0.25, 0.3) is 0 Å². The van der Waals surface area contributed by atoms with Gasteiger partial charge in [-0.15, -0.1) is 0 Å². The first-order valence-corrected chi connectivity index (χ1v) is 9.92. The molecule has 25 heavy (non-hydrogen) atoms. The van der Waals surface area contributed by atoms with Crippen molar-refractivity contribution in [1.82, 2.24) is 15.5 Å². The van der Waals surface area contributed by atoms with Crippen LogP contribution in [0.5, 0.6) is 0 Å². The van der Waals surface area contributed by atoms with Crippen molar-refractivity contribution >= 4 is 17.7 Å².